The summed E-state index contributed by atoms with van der Waals surface area (Å²) in [5, 5.41) is 3.39. The predicted molar refractivity (Wildman–Crippen MR) is 81.8 cm³/mol. The van der Waals surface area contributed by atoms with Gasteiger partial charge in [0.2, 0.25) is 5.91 Å². The molecule has 5 aliphatic rings. The maximum Gasteiger partial charge on any atom is 0.226 e. The molecular weight excluding hydrogens is 272 g/mol. The van der Waals surface area contributed by atoms with E-state index in [2.05, 4.69) is 17.1 Å². The molecule has 1 unspecified atom stereocenters. The van der Waals surface area contributed by atoms with Crippen LogP contribution in [-0.2, 0) is 4.79 Å². The van der Waals surface area contributed by atoms with Gasteiger partial charge < -0.3 is 10.2 Å². The summed E-state index contributed by atoms with van der Waals surface area (Å²) in [6.07, 6.45) is 6.87. The van der Waals surface area contributed by atoms with Gasteiger partial charge in [-0.1, -0.05) is 0 Å². The molecule has 5 fully saturated rings. The van der Waals surface area contributed by atoms with Gasteiger partial charge in [-0.25, -0.2) is 0 Å². The molecule has 4 aliphatic carbocycles. The Bertz CT molecular complexity index is 359. The van der Waals surface area contributed by atoms with E-state index in [1.807, 2.05) is 0 Å². The number of hydrogen-bond acceptors (Lipinski definition) is 2. The van der Waals surface area contributed by atoms with E-state index in [0.29, 0.717) is 17.9 Å². The maximum absolute atomic E-state index is 13.0. The number of nitrogens with one attached hydrogen (secondary N) is 1. The van der Waals surface area contributed by atoms with E-state index < -0.39 is 0 Å². The highest BCUT2D eigenvalue weighted by molar-refractivity contribution is 5.85. The Morgan fingerprint density at radius 2 is 1.65 bits per heavy atom. The topological polar surface area (TPSA) is 32.3 Å². The Balaban J connectivity index is 0.00000121. The van der Waals surface area contributed by atoms with Crippen molar-refractivity contribution in [3.63, 3.8) is 0 Å². The van der Waals surface area contributed by atoms with E-state index in [9.17, 15) is 4.79 Å². The van der Waals surface area contributed by atoms with Crippen LogP contribution in [0.25, 0.3) is 0 Å². The van der Waals surface area contributed by atoms with E-state index in [0.717, 1.165) is 43.3 Å². The molecule has 0 aromatic carbocycles. The fraction of sp³-hybridized carbons (Fsp3) is 0.938. The summed E-state index contributed by atoms with van der Waals surface area (Å²) in [6, 6.07) is 0.387. The lowest BCUT2D eigenvalue weighted by Gasteiger charge is -2.55. The van der Waals surface area contributed by atoms with Crippen molar-refractivity contribution in [2.75, 3.05) is 19.6 Å². The summed E-state index contributed by atoms with van der Waals surface area (Å²) >= 11 is 0. The second-order valence-corrected chi connectivity index (χ2v) is 7.54. The van der Waals surface area contributed by atoms with Crippen LogP contribution in [0.1, 0.15) is 39.0 Å². The van der Waals surface area contributed by atoms with Gasteiger partial charge in [0.15, 0.2) is 0 Å². The number of piperazine rings is 1. The van der Waals surface area contributed by atoms with Gasteiger partial charge in [0.05, 0.1) is 0 Å². The normalized spacial score (nSPS) is 46.1. The number of carbonyl (C=O) groups is 1. The Kier molecular flexibility index (Phi) is 4.02. The molecule has 4 saturated carbocycles. The molecule has 3 nitrogen and oxygen atoms in total. The largest absolute Gasteiger partial charge is 0.337 e. The minimum Gasteiger partial charge on any atom is -0.337 e. The molecule has 114 valence electrons. The fourth-order valence-corrected chi connectivity index (χ4v) is 5.69. The van der Waals surface area contributed by atoms with Gasteiger partial charge >= 0.3 is 0 Å². The first-order valence-electron chi connectivity index (χ1n) is 8.23. The Hall–Kier alpha value is -0.280. The standard InChI is InChI=1S/C16H26N2O.ClH/c1-10-9-17-2-3-18(10)16(19)15-13-5-11-4-12(7-13)8-14(15)6-11;/h10-15,17H,2-9H2,1H3;1H. The van der Waals surface area contributed by atoms with Gasteiger partial charge in [0, 0.05) is 31.6 Å². The van der Waals surface area contributed by atoms with Gasteiger partial charge in [-0.3, -0.25) is 4.79 Å². The molecule has 0 spiro atoms. The number of hydrogen-bond donors (Lipinski definition) is 1. The molecule has 1 saturated heterocycles. The molecule has 0 aromatic rings. The van der Waals surface area contributed by atoms with Crippen LogP contribution in [0.3, 0.4) is 0 Å². The number of carbonyl (C=O) groups excluding carboxylic acids is 1. The van der Waals surface area contributed by atoms with Gasteiger partial charge in [0.1, 0.15) is 0 Å². The van der Waals surface area contributed by atoms with Crippen molar-refractivity contribution >= 4 is 18.3 Å². The first-order chi connectivity index (χ1) is 9.22. The maximum atomic E-state index is 13.0. The third kappa shape index (κ3) is 2.27. The second-order valence-electron chi connectivity index (χ2n) is 7.54. The molecule has 5 rings (SSSR count). The minimum atomic E-state index is 0. The number of rotatable bonds is 1. The summed E-state index contributed by atoms with van der Waals surface area (Å²) < 4.78 is 0. The van der Waals surface area contributed by atoms with Gasteiger partial charge in [-0.05, 0) is 62.7 Å². The monoisotopic (exact) mass is 298 g/mol. The zero-order valence-corrected chi connectivity index (χ0v) is 13.2. The van der Waals surface area contributed by atoms with Crippen molar-refractivity contribution < 1.29 is 4.79 Å². The summed E-state index contributed by atoms with van der Waals surface area (Å²) in [4.78, 5) is 15.2. The zero-order valence-electron chi connectivity index (χ0n) is 12.4. The molecule has 1 N–H and O–H groups in total. The summed E-state index contributed by atoms with van der Waals surface area (Å²) in [5.74, 6) is 4.27. The average molecular weight is 299 g/mol. The van der Waals surface area contributed by atoms with E-state index in [4.69, 9.17) is 0 Å². The van der Waals surface area contributed by atoms with Crippen LogP contribution in [-0.4, -0.2) is 36.5 Å². The van der Waals surface area contributed by atoms with E-state index in [1.165, 1.54) is 32.1 Å². The molecule has 1 atom stereocenters. The third-order valence-electron chi connectivity index (χ3n) is 6.30. The van der Waals surface area contributed by atoms with Gasteiger partial charge in [0.25, 0.3) is 0 Å². The highest BCUT2D eigenvalue weighted by Gasteiger charge is 2.51. The van der Waals surface area contributed by atoms with Crippen LogP contribution < -0.4 is 5.32 Å². The summed E-state index contributed by atoms with van der Waals surface area (Å²) in [7, 11) is 0. The number of halogens is 1. The molecule has 1 aliphatic heterocycles. The molecule has 1 heterocycles. The molecule has 1 amide bonds. The second kappa shape index (κ2) is 5.49. The fourth-order valence-electron chi connectivity index (χ4n) is 5.69. The smallest absolute Gasteiger partial charge is 0.226 e. The zero-order chi connectivity index (χ0) is 13.0. The van der Waals surface area contributed by atoms with Crippen molar-refractivity contribution in [2.24, 2.45) is 29.6 Å². The first-order valence-corrected chi connectivity index (χ1v) is 8.23. The molecule has 0 aromatic heterocycles. The van der Waals surface area contributed by atoms with Crippen LogP contribution in [0.2, 0.25) is 0 Å². The van der Waals surface area contributed by atoms with E-state index in [-0.39, 0.29) is 12.4 Å². The van der Waals surface area contributed by atoms with Gasteiger partial charge in [-0.15, -0.1) is 12.4 Å². The van der Waals surface area contributed by atoms with Crippen LogP contribution in [0.5, 0.6) is 0 Å². The predicted octanol–water partition coefficient (Wildman–Crippen LogP) is 2.30. The molecule has 4 bridgehead atoms. The third-order valence-corrected chi connectivity index (χ3v) is 6.30. The number of amides is 1. The summed E-state index contributed by atoms with van der Waals surface area (Å²) in [6.45, 7) is 5.06. The van der Waals surface area contributed by atoms with Crippen molar-refractivity contribution in [1.82, 2.24) is 10.2 Å². The van der Waals surface area contributed by atoms with Crippen LogP contribution >= 0.6 is 12.4 Å². The van der Waals surface area contributed by atoms with Crippen LogP contribution in [0, 0.1) is 29.6 Å². The Morgan fingerprint density at radius 3 is 2.20 bits per heavy atom. The Labute approximate surface area is 128 Å². The molecule has 4 heteroatoms. The van der Waals surface area contributed by atoms with Crippen molar-refractivity contribution in [3.8, 4) is 0 Å². The lowest BCUT2D eigenvalue weighted by atomic mass is 9.51. The van der Waals surface area contributed by atoms with E-state index in [1.54, 1.807) is 0 Å². The van der Waals surface area contributed by atoms with Crippen molar-refractivity contribution in [1.29, 1.82) is 0 Å². The van der Waals surface area contributed by atoms with Crippen molar-refractivity contribution in [2.45, 2.75) is 45.1 Å². The average Bonchev–Trinajstić information content (AvgIpc) is 2.37. The Morgan fingerprint density at radius 1 is 1.05 bits per heavy atom. The molecule has 0 radical (unpaired) electrons. The first kappa shape index (κ1) is 14.6. The minimum absolute atomic E-state index is 0. The lowest BCUT2D eigenvalue weighted by Crippen LogP contribution is -2.58. The highest BCUT2D eigenvalue weighted by atomic mass is 35.5. The van der Waals surface area contributed by atoms with Crippen LogP contribution in [0.4, 0.5) is 0 Å². The molecular formula is C16H27ClN2O. The van der Waals surface area contributed by atoms with Crippen molar-refractivity contribution in [3.05, 3.63) is 0 Å². The molecule has 20 heavy (non-hydrogen) atoms. The highest BCUT2D eigenvalue weighted by Crippen LogP contribution is 2.56. The lowest BCUT2D eigenvalue weighted by molar-refractivity contribution is -0.151. The summed E-state index contributed by atoms with van der Waals surface area (Å²) in [5.41, 5.74) is 0. The van der Waals surface area contributed by atoms with E-state index >= 15 is 0 Å². The van der Waals surface area contributed by atoms with Crippen LogP contribution in [0.15, 0.2) is 0 Å². The SMILES string of the molecule is CC1CNCCN1C(=O)C1C2CC3CC(C2)CC1C3.Cl. The number of nitrogens with zero attached hydrogens (tertiary/aromatic N) is 1. The quantitative estimate of drug-likeness (QED) is 0.806. The van der Waals surface area contributed by atoms with Gasteiger partial charge in [-0.2, -0.15) is 0 Å².